The van der Waals surface area contributed by atoms with Crippen LogP contribution in [0.25, 0.3) is 11.3 Å². The molecule has 0 saturated heterocycles. The van der Waals surface area contributed by atoms with Crippen molar-refractivity contribution in [3.05, 3.63) is 52.2 Å². The molecule has 3 heteroatoms. The van der Waals surface area contributed by atoms with Crippen LogP contribution >= 0.6 is 0 Å². The first-order chi connectivity index (χ1) is 9.60. The molecule has 2 aromatic rings. The Hall–Kier alpha value is -2.16. The lowest BCUT2D eigenvalue weighted by molar-refractivity contribution is 0.0695. The highest BCUT2D eigenvalue weighted by molar-refractivity contribution is 5.90. The summed E-state index contributed by atoms with van der Waals surface area (Å²) < 4.78 is 0. The quantitative estimate of drug-likeness (QED) is 0.788. The molecule has 1 aliphatic carbocycles. The zero-order chi connectivity index (χ0) is 14.3. The third-order valence-corrected chi connectivity index (χ3v) is 3.80. The monoisotopic (exact) mass is 267 g/mol. The van der Waals surface area contributed by atoms with E-state index in [-0.39, 0.29) is 0 Å². The molecule has 1 aromatic carbocycles. The fourth-order valence-electron chi connectivity index (χ4n) is 2.84. The molecular weight excluding hydrogens is 250 g/mol. The van der Waals surface area contributed by atoms with Crippen LogP contribution in [0.15, 0.2) is 24.3 Å². The van der Waals surface area contributed by atoms with Crippen LogP contribution in [0.4, 0.5) is 0 Å². The first-order valence-electron chi connectivity index (χ1n) is 6.96. The van der Waals surface area contributed by atoms with Crippen molar-refractivity contribution in [1.82, 2.24) is 4.98 Å². The van der Waals surface area contributed by atoms with Gasteiger partial charge in [-0.1, -0.05) is 31.0 Å². The summed E-state index contributed by atoms with van der Waals surface area (Å²) in [6.45, 7) is 4.11. The summed E-state index contributed by atoms with van der Waals surface area (Å²) in [6, 6.07) is 8.16. The van der Waals surface area contributed by atoms with E-state index in [4.69, 9.17) is 0 Å². The summed E-state index contributed by atoms with van der Waals surface area (Å²) in [6.07, 6.45) is 2.38. The summed E-state index contributed by atoms with van der Waals surface area (Å²) in [4.78, 5) is 16.0. The van der Waals surface area contributed by atoms with Gasteiger partial charge in [-0.15, -0.1) is 0 Å². The predicted molar refractivity (Wildman–Crippen MR) is 78.2 cm³/mol. The number of aryl methyl sites for hydroxylation is 2. The topological polar surface area (TPSA) is 50.2 Å². The van der Waals surface area contributed by atoms with Crippen LogP contribution in [-0.2, 0) is 12.8 Å². The van der Waals surface area contributed by atoms with Crippen molar-refractivity contribution in [2.45, 2.75) is 33.1 Å². The van der Waals surface area contributed by atoms with Crippen molar-refractivity contribution in [2.24, 2.45) is 0 Å². The Morgan fingerprint density at radius 3 is 2.80 bits per heavy atom. The van der Waals surface area contributed by atoms with Crippen LogP contribution in [0.3, 0.4) is 0 Å². The second-order valence-corrected chi connectivity index (χ2v) is 5.38. The van der Waals surface area contributed by atoms with Gasteiger partial charge in [-0.2, -0.15) is 0 Å². The smallest absolute Gasteiger partial charge is 0.337 e. The molecule has 0 amide bonds. The van der Waals surface area contributed by atoms with Gasteiger partial charge in [0.2, 0.25) is 0 Å². The number of fused-ring (bicyclic) bond motifs is 3. The molecule has 102 valence electrons. The lowest BCUT2D eigenvalue weighted by Gasteiger charge is -2.08. The Labute approximate surface area is 118 Å². The Kier molecular flexibility index (Phi) is 3.05. The molecule has 1 N–H and O–H groups in total. The van der Waals surface area contributed by atoms with Crippen molar-refractivity contribution >= 4 is 5.97 Å². The SMILES string of the molecule is CCCc1nc2c(cc1C(=O)O)Cc1ccc(C)cc1-2. The zero-order valence-electron chi connectivity index (χ0n) is 11.7. The van der Waals surface area contributed by atoms with Crippen molar-refractivity contribution < 1.29 is 9.90 Å². The molecule has 20 heavy (non-hydrogen) atoms. The minimum atomic E-state index is -0.879. The van der Waals surface area contributed by atoms with Gasteiger partial charge < -0.3 is 5.11 Å². The lowest BCUT2D eigenvalue weighted by Crippen LogP contribution is -2.06. The van der Waals surface area contributed by atoms with E-state index in [0.29, 0.717) is 17.7 Å². The number of benzene rings is 1. The molecule has 0 unspecified atom stereocenters. The maximum atomic E-state index is 11.4. The minimum Gasteiger partial charge on any atom is -0.478 e. The largest absolute Gasteiger partial charge is 0.478 e. The zero-order valence-corrected chi connectivity index (χ0v) is 11.7. The highest BCUT2D eigenvalue weighted by Gasteiger charge is 2.23. The number of carbonyl (C=O) groups is 1. The molecule has 1 heterocycles. The molecule has 0 atom stereocenters. The van der Waals surface area contributed by atoms with E-state index in [1.165, 1.54) is 11.1 Å². The van der Waals surface area contributed by atoms with Gasteiger partial charge in [0.25, 0.3) is 0 Å². The first kappa shape index (κ1) is 12.9. The van der Waals surface area contributed by atoms with Crippen LogP contribution < -0.4 is 0 Å². The summed E-state index contributed by atoms with van der Waals surface area (Å²) in [5.41, 5.74) is 6.67. The van der Waals surface area contributed by atoms with E-state index in [0.717, 1.165) is 29.7 Å². The fraction of sp³-hybridized carbons (Fsp3) is 0.294. The third-order valence-electron chi connectivity index (χ3n) is 3.80. The van der Waals surface area contributed by atoms with Crippen LogP contribution in [0.2, 0.25) is 0 Å². The second kappa shape index (κ2) is 4.75. The summed E-state index contributed by atoms with van der Waals surface area (Å²) >= 11 is 0. The predicted octanol–water partition coefficient (Wildman–Crippen LogP) is 3.61. The number of carboxylic acid groups (broad SMARTS) is 1. The van der Waals surface area contributed by atoms with E-state index in [9.17, 15) is 9.90 Å². The molecule has 0 bridgehead atoms. The van der Waals surface area contributed by atoms with Crippen molar-refractivity contribution in [1.29, 1.82) is 0 Å². The minimum absolute atomic E-state index is 0.357. The van der Waals surface area contributed by atoms with Crippen molar-refractivity contribution in [2.75, 3.05) is 0 Å². The standard InChI is InChI=1S/C17H17NO2/c1-3-4-15-14(17(19)20)9-12-8-11-6-5-10(2)7-13(11)16(12)18-15/h5-7,9H,3-4,8H2,1-2H3,(H,19,20). The van der Waals surface area contributed by atoms with Gasteiger partial charge in [-0.05, 0) is 36.6 Å². The highest BCUT2D eigenvalue weighted by Crippen LogP contribution is 2.36. The number of hydrogen-bond acceptors (Lipinski definition) is 2. The highest BCUT2D eigenvalue weighted by atomic mass is 16.4. The number of aromatic carboxylic acids is 1. The van der Waals surface area contributed by atoms with E-state index < -0.39 is 5.97 Å². The van der Waals surface area contributed by atoms with Gasteiger partial charge in [0.15, 0.2) is 0 Å². The van der Waals surface area contributed by atoms with Gasteiger partial charge >= 0.3 is 5.97 Å². The summed E-state index contributed by atoms with van der Waals surface area (Å²) in [5.74, 6) is -0.879. The van der Waals surface area contributed by atoms with E-state index in [1.807, 2.05) is 13.0 Å². The van der Waals surface area contributed by atoms with Crippen molar-refractivity contribution in [3.63, 3.8) is 0 Å². The average molecular weight is 267 g/mol. The van der Waals surface area contributed by atoms with Gasteiger partial charge in [0.05, 0.1) is 17.0 Å². The van der Waals surface area contributed by atoms with Crippen LogP contribution in [0.5, 0.6) is 0 Å². The number of nitrogens with zero attached hydrogens (tertiary/aromatic N) is 1. The number of carboxylic acids is 1. The molecule has 3 nitrogen and oxygen atoms in total. The Morgan fingerprint density at radius 2 is 2.10 bits per heavy atom. The van der Waals surface area contributed by atoms with Crippen LogP contribution in [-0.4, -0.2) is 16.1 Å². The number of aromatic nitrogens is 1. The van der Waals surface area contributed by atoms with Gasteiger partial charge in [-0.3, -0.25) is 4.98 Å². The maximum Gasteiger partial charge on any atom is 0.337 e. The van der Waals surface area contributed by atoms with Gasteiger partial charge in [0, 0.05) is 12.0 Å². The molecule has 0 spiro atoms. The number of pyridine rings is 1. The first-order valence-corrected chi connectivity index (χ1v) is 6.96. The second-order valence-electron chi connectivity index (χ2n) is 5.38. The van der Waals surface area contributed by atoms with Crippen molar-refractivity contribution in [3.8, 4) is 11.3 Å². The number of hydrogen-bond donors (Lipinski definition) is 1. The molecule has 1 aliphatic rings. The van der Waals surface area contributed by atoms with E-state index in [1.54, 1.807) is 0 Å². The third kappa shape index (κ3) is 1.99. The Bertz CT molecular complexity index is 704. The molecule has 0 saturated carbocycles. The molecule has 1 aromatic heterocycles. The average Bonchev–Trinajstić information content (AvgIpc) is 2.75. The molecule has 3 rings (SSSR count). The van der Waals surface area contributed by atoms with Crippen LogP contribution in [0, 0.1) is 6.92 Å². The van der Waals surface area contributed by atoms with E-state index in [2.05, 4.69) is 30.1 Å². The summed E-state index contributed by atoms with van der Waals surface area (Å²) in [7, 11) is 0. The van der Waals surface area contributed by atoms with Gasteiger partial charge in [0.1, 0.15) is 0 Å². The number of rotatable bonds is 3. The van der Waals surface area contributed by atoms with E-state index >= 15 is 0 Å². The fourth-order valence-corrected chi connectivity index (χ4v) is 2.84. The molecule has 0 radical (unpaired) electrons. The lowest BCUT2D eigenvalue weighted by atomic mass is 10.0. The maximum absolute atomic E-state index is 11.4. The Balaban J connectivity index is 2.19. The molecule has 0 aliphatic heterocycles. The van der Waals surface area contributed by atoms with Gasteiger partial charge in [-0.25, -0.2) is 4.79 Å². The summed E-state index contributed by atoms with van der Waals surface area (Å²) in [5, 5.41) is 9.34. The molecular formula is C17H17NO2. The Morgan fingerprint density at radius 1 is 1.30 bits per heavy atom. The van der Waals surface area contributed by atoms with Crippen LogP contribution in [0.1, 0.15) is 46.1 Å². The normalized spacial score (nSPS) is 12.1. The molecule has 0 fully saturated rings.